The maximum absolute atomic E-state index is 13.9. The second kappa shape index (κ2) is 23.6. The molecule has 3 aromatic rings. The van der Waals surface area contributed by atoms with Gasteiger partial charge in [-0.25, -0.2) is 9.78 Å². The van der Waals surface area contributed by atoms with Crippen LogP contribution in [0.4, 0.5) is 0 Å². The van der Waals surface area contributed by atoms with Gasteiger partial charge in [0.15, 0.2) is 5.96 Å². The number of hydrogen-bond acceptors (Lipinski definition) is 12. The third-order valence-electron chi connectivity index (χ3n) is 9.48. The van der Waals surface area contributed by atoms with Crippen molar-refractivity contribution in [2.24, 2.45) is 33.8 Å². The lowest BCUT2D eigenvalue weighted by atomic mass is 10.0. The molecule has 0 saturated carbocycles. The van der Waals surface area contributed by atoms with Gasteiger partial charge >= 0.3 is 5.97 Å². The molecule has 338 valence electrons. The van der Waals surface area contributed by atoms with Crippen LogP contribution in [-0.2, 0) is 51.2 Å². The molecule has 1 aromatic carbocycles. The molecule has 7 amide bonds. The highest BCUT2D eigenvalue weighted by Crippen LogP contribution is 2.19. The Morgan fingerprint density at radius 3 is 1.97 bits per heavy atom. The molecule has 0 aliphatic carbocycles. The SMILES string of the molecule is CC(C)[C@H](NC(=O)[C@H](CCCN=C(N)N)NC(=O)[C@H](C)NC(=O)[C@H](Cc1cnc[nH]1)NC(=O)[C@H](CC(N)=O)NC(=O)[C@H](Cc1c[nH]c2ccccc12)NC(=O)[C@@H](N)CO)C(=O)O. The second-order valence-electron chi connectivity index (χ2n) is 14.8. The molecular weight excluding hydrogens is 813 g/mol. The summed E-state index contributed by atoms with van der Waals surface area (Å²) >= 11 is 0. The van der Waals surface area contributed by atoms with Gasteiger partial charge in [-0.05, 0) is 37.3 Å². The molecule has 62 heavy (non-hydrogen) atoms. The van der Waals surface area contributed by atoms with E-state index >= 15 is 0 Å². The Kier molecular flexibility index (Phi) is 18.8. The summed E-state index contributed by atoms with van der Waals surface area (Å²) in [6.45, 7) is 3.83. The number of hydrogen-bond donors (Lipinski definition) is 14. The summed E-state index contributed by atoms with van der Waals surface area (Å²) in [7, 11) is 0. The predicted octanol–water partition coefficient (Wildman–Crippen LogP) is -4.41. The number of H-pyrrole nitrogens is 2. The molecule has 3 rings (SSSR count). The van der Waals surface area contributed by atoms with E-state index in [-0.39, 0.29) is 38.2 Å². The number of benzene rings is 1. The van der Waals surface area contributed by atoms with Crippen LogP contribution < -0.4 is 54.8 Å². The second-order valence-corrected chi connectivity index (χ2v) is 14.8. The summed E-state index contributed by atoms with van der Waals surface area (Å²) in [6.07, 6.45) is 3.39. The fourth-order valence-electron chi connectivity index (χ4n) is 6.09. The minimum atomic E-state index is -1.69. The Labute approximate surface area is 355 Å². The molecule has 24 heteroatoms. The molecule has 0 saturated heterocycles. The van der Waals surface area contributed by atoms with Crippen LogP contribution in [0.25, 0.3) is 10.9 Å². The Balaban J connectivity index is 1.83. The number of para-hydroxylation sites is 1. The lowest BCUT2D eigenvalue weighted by Crippen LogP contribution is -2.60. The average Bonchev–Trinajstić information content (AvgIpc) is 3.89. The lowest BCUT2D eigenvalue weighted by Gasteiger charge is -2.26. The highest BCUT2D eigenvalue weighted by atomic mass is 16.4. The molecular formula is C38H56N14O10. The molecule has 2 aromatic heterocycles. The average molecular weight is 869 g/mol. The number of rotatable bonds is 25. The number of imidazole rings is 1. The quantitative estimate of drug-likeness (QED) is 0.0217. The number of fused-ring (bicyclic) bond motifs is 1. The Bertz CT molecular complexity index is 2070. The van der Waals surface area contributed by atoms with Gasteiger partial charge in [0.05, 0.1) is 19.4 Å². The number of carboxylic acid groups (broad SMARTS) is 1. The van der Waals surface area contributed by atoms with Crippen LogP contribution in [0, 0.1) is 5.92 Å². The topological polar surface area (TPSA) is 410 Å². The molecule has 0 radical (unpaired) electrons. The first-order valence-electron chi connectivity index (χ1n) is 19.6. The number of nitrogens with one attached hydrogen (secondary N) is 8. The summed E-state index contributed by atoms with van der Waals surface area (Å²) < 4.78 is 0. The summed E-state index contributed by atoms with van der Waals surface area (Å²) in [5.41, 5.74) is 23.6. The number of aromatic nitrogens is 3. The van der Waals surface area contributed by atoms with E-state index in [1.807, 2.05) is 0 Å². The van der Waals surface area contributed by atoms with Crippen molar-refractivity contribution in [3.8, 4) is 0 Å². The van der Waals surface area contributed by atoms with Crippen molar-refractivity contribution in [3.05, 3.63) is 54.2 Å². The Hall–Kier alpha value is -7.08. The molecule has 0 unspecified atom stereocenters. The zero-order valence-corrected chi connectivity index (χ0v) is 34.5. The van der Waals surface area contributed by atoms with Crippen LogP contribution in [-0.4, -0.2) is 134 Å². The summed E-state index contributed by atoms with van der Waals surface area (Å²) in [5, 5.41) is 34.6. The summed E-state index contributed by atoms with van der Waals surface area (Å²) in [6, 6.07) is -2.70. The normalized spacial score (nSPS) is 14.5. The molecule has 7 atom stereocenters. The highest BCUT2D eigenvalue weighted by Gasteiger charge is 2.34. The van der Waals surface area contributed by atoms with E-state index in [2.05, 4.69) is 51.8 Å². The van der Waals surface area contributed by atoms with Gasteiger partial charge in [0.25, 0.3) is 0 Å². The number of guanidine groups is 1. The van der Waals surface area contributed by atoms with Crippen LogP contribution in [0.15, 0.2) is 48.0 Å². The minimum Gasteiger partial charge on any atom is -0.480 e. The number of nitrogens with zero attached hydrogens (tertiary/aromatic N) is 2. The summed E-state index contributed by atoms with van der Waals surface area (Å²) in [5.74, 6) is -8.45. The third-order valence-corrected chi connectivity index (χ3v) is 9.48. The van der Waals surface area contributed by atoms with E-state index in [0.717, 1.165) is 10.9 Å². The van der Waals surface area contributed by atoms with Gasteiger partial charge in [-0.1, -0.05) is 32.0 Å². The van der Waals surface area contributed by atoms with Crippen molar-refractivity contribution < 1.29 is 48.6 Å². The first kappa shape index (κ1) is 49.3. The van der Waals surface area contributed by atoms with Gasteiger partial charge < -0.3 is 75.0 Å². The first-order chi connectivity index (χ1) is 29.3. The van der Waals surface area contributed by atoms with Crippen LogP contribution >= 0.6 is 0 Å². The highest BCUT2D eigenvalue weighted by molar-refractivity contribution is 5.98. The number of aliphatic hydroxyl groups excluding tert-OH is 1. The van der Waals surface area contributed by atoms with E-state index in [9.17, 15) is 48.6 Å². The number of nitrogens with two attached hydrogens (primary N) is 4. The van der Waals surface area contributed by atoms with Gasteiger partial charge in [0, 0.05) is 48.4 Å². The number of aromatic amines is 2. The molecule has 0 aliphatic heterocycles. The fraction of sp³-hybridized carbons (Fsp3) is 0.474. The monoisotopic (exact) mass is 868 g/mol. The van der Waals surface area contributed by atoms with Crippen LogP contribution in [0.3, 0.4) is 0 Å². The molecule has 24 nitrogen and oxygen atoms in total. The number of primary amides is 1. The standard InChI is InChI=1S/C38H56N14O10/c1-18(2)30(37(61)62)52-33(57)25(9-6-10-44-38(41)42)48-31(55)19(3)47-34(58)27(12-21-15-43-17-46-21)50-36(60)28(13-29(40)54)51-35(59)26(49-32(56)23(39)16-53)11-20-14-45-24-8-5-4-7-22(20)24/h4-5,7-8,14-15,17-19,23,25-28,30,45,53H,6,9-13,16,39H2,1-3H3,(H2,40,54)(H,43,46)(H,47,58)(H,48,55)(H,49,56)(H,50,60)(H,51,59)(H,52,57)(H,61,62)(H4,41,42,44)/t19-,23-,25-,26-,27-,28-,30-/m0/s1. The number of aliphatic carboxylic acids is 1. The predicted molar refractivity (Wildman–Crippen MR) is 223 cm³/mol. The van der Waals surface area contributed by atoms with Gasteiger partial charge in [0.1, 0.15) is 42.3 Å². The fourth-order valence-corrected chi connectivity index (χ4v) is 6.09. The smallest absolute Gasteiger partial charge is 0.326 e. The van der Waals surface area contributed by atoms with Crippen molar-refractivity contribution in [1.82, 2.24) is 46.9 Å². The zero-order chi connectivity index (χ0) is 46.1. The van der Waals surface area contributed by atoms with Crippen LogP contribution in [0.2, 0.25) is 0 Å². The minimum absolute atomic E-state index is 0.0223. The molecule has 18 N–H and O–H groups in total. The van der Waals surface area contributed by atoms with Crippen molar-refractivity contribution in [1.29, 1.82) is 0 Å². The zero-order valence-electron chi connectivity index (χ0n) is 34.5. The maximum atomic E-state index is 13.9. The van der Waals surface area contributed by atoms with E-state index in [4.69, 9.17) is 22.9 Å². The Morgan fingerprint density at radius 2 is 1.35 bits per heavy atom. The number of aliphatic hydroxyl groups is 1. The molecule has 0 spiro atoms. The third kappa shape index (κ3) is 15.2. The lowest BCUT2D eigenvalue weighted by molar-refractivity contribution is -0.143. The van der Waals surface area contributed by atoms with E-state index < -0.39 is 109 Å². The summed E-state index contributed by atoms with van der Waals surface area (Å²) in [4.78, 5) is 119. The molecule has 2 heterocycles. The number of amides is 7. The maximum Gasteiger partial charge on any atom is 0.326 e. The van der Waals surface area contributed by atoms with E-state index in [0.29, 0.717) is 11.3 Å². The number of aliphatic imine (C=N–C) groups is 1. The van der Waals surface area contributed by atoms with Crippen molar-refractivity contribution >= 4 is 64.2 Å². The Morgan fingerprint density at radius 1 is 0.758 bits per heavy atom. The molecule has 0 aliphatic rings. The first-order valence-corrected chi connectivity index (χ1v) is 19.6. The van der Waals surface area contributed by atoms with Crippen molar-refractivity contribution in [3.63, 3.8) is 0 Å². The van der Waals surface area contributed by atoms with Crippen molar-refractivity contribution in [2.75, 3.05) is 13.2 Å². The van der Waals surface area contributed by atoms with Gasteiger partial charge in [-0.15, -0.1) is 0 Å². The molecule has 0 bridgehead atoms. The van der Waals surface area contributed by atoms with Gasteiger partial charge in [-0.2, -0.15) is 0 Å². The number of carboxylic acids is 1. The number of carbonyl (C=O) groups is 8. The van der Waals surface area contributed by atoms with E-state index in [1.165, 1.54) is 19.4 Å². The number of carbonyl (C=O) groups excluding carboxylic acids is 7. The van der Waals surface area contributed by atoms with Gasteiger partial charge in [0.2, 0.25) is 41.4 Å². The van der Waals surface area contributed by atoms with Crippen molar-refractivity contribution in [2.45, 2.75) is 95.2 Å². The molecule has 0 fully saturated rings. The largest absolute Gasteiger partial charge is 0.480 e. The van der Waals surface area contributed by atoms with Crippen LogP contribution in [0.1, 0.15) is 51.3 Å². The van der Waals surface area contributed by atoms with Gasteiger partial charge in [-0.3, -0.25) is 38.6 Å². The van der Waals surface area contributed by atoms with Crippen LogP contribution in [0.5, 0.6) is 0 Å². The van der Waals surface area contributed by atoms with E-state index in [1.54, 1.807) is 44.3 Å².